The summed E-state index contributed by atoms with van der Waals surface area (Å²) in [5.41, 5.74) is 1.62. The van der Waals surface area contributed by atoms with Gasteiger partial charge in [-0.05, 0) is 29.9 Å². The van der Waals surface area contributed by atoms with Crippen LogP contribution in [0.15, 0.2) is 23.8 Å². The molecule has 2 aromatic heterocycles. The van der Waals surface area contributed by atoms with Crippen LogP contribution in [0.5, 0.6) is 0 Å². The molecule has 0 saturated heterocycles. The molecule has 2 N–H and O–H groups in total. The highest BCUT2D eigenvalue weighted by molar-refractivity contribution is 7.10. The summed E-state index contributed by atoms with van der Waals surface area (Å²) in [4.78, 5) is 21.6. The first-order chi connectivity index (χ1) is 10.2. The summed E-state index contributed by atoms with van der Waals surface area (Å²) in [7, 11) is 0. The molecular weight excluding hydrogens is 284 g/mol. The van der Waals surface area contributed by atoms with Crippen LogP contribution < -0.4 is 10.6 Å². The summed E-state index contributed by atoms with van der Waals surface area (Å²) in [6.07, 6.45) is 5.09. The fraction of sp³-hybridized carbons (Fsp3) is 0.400. The molecule has 6 heteroatoms. The maximum atomic E-state index is 12.1. The molecule has 0 bridgehead atoms. The number of hydrogen-bond acceptors (Lipinski definition) is 5. The van der Waals surface area contributed by atoms with Crippen LogP contribution in [0.25, 0.3) is 0 Å². The van der Waals surface area contributed by atoms with Crippen molar-refractivity contribution in [2.45, 2.75) is 33.2 Å². The van der Waals surface area contributed by atoms with E-state index < -0.39 is 0 Å². The molecule has 2 heterocycles. The molecule has 0 saturated carbocycles. The lowest BCUT2D eigenvalue weighted by molar-refractivity contribution is 0.0946. The van der Waals surface area contributed by atoms with Crippen molar-refractivity contribution in [2.24, 2.45) is 0 Å². The standard InChI is InChI=1S/C15H20N4OS/c1-3-6-17-14-10-16-8-12(19-14)15(20)18-9-13-11(4-2)5-7-21-13/h5,7-8,10H,3-4,6,9H2,1-2H3,(H,17,19)(H,18,20). The molecule has 1 amide bonds. The minimum Gasteiger partial charge on any atom is -0.369 e. The number of aryl methyl sites for hydroxylation is 1. The Kier molecular flexibility index (Phi) is 5.68. The minimum atomic E-state index is -0.196. The number of thiophene rings is 1. The van der Waals surface area contributed by atoms with E-state index in [1.165, 1.54) is 16.6 Å². The van der Waals surface area contributed by atoms with Crippen LogP contribution in [0.4, 0.5) is 5.82 Å². The van der Waals surface area contributed by atoms with Gasteiger partial charge in [-0.25, -0.2) is 4.98 Å². The van der Waals surface area contributed by atoms with Crippen LogP contribution in [-0.4, -0.2) is 22.4 Å². The minimum absolute atomic E-state index is 0.196. The second kappa shape index (κ2) is 7.73. The zero-order valence-electron chi connectivity index (χ0n) is 12.3. The molecule has 2 rings (SSSR count). The van der Waals surface area contributed by atoms with Crippen molar-refractivity contribution < 1.29 is 4.79 Å². The van der Waals surface area contributed by atoms with Gasteiger partial charge in [-0.1, -0.05) is 13.8 Å². The SMILES string of the molecule is CCCNc1cncc(C(=O)NCc2sccc2CC)n1. The number of carbonyl (C=O) groups excluding carboxylic acids is 1. The van der Waals surface area contributed by atoms with E-state index in [0.717, 1.165) is 19.4 Å². The first-order valence-corrected chi connectivity index (χ1v) is 8.02. The molecule has 0 aliphatic carbocycles. The van der Waals surface area contributed by atoms with Gasteiger partial charge in [0.15, 0.2) is 0 Å². The van der Waals surface area contributed by atoms with Crippen molar-refractivity contribution in [3.63, 3.8) is 0 Å². The number of aromatic nitrogens is 2. The Labute approximate surface area is 128 Å². The Balaban J connectivity index is 1.97. The fourth-order valence-electron chi connectivity index (χ4n) is 1.90. The number of rotatable bonds is 7. The molecule has 2 aromatic rings. The number of anilines is 1. The number of nitrogens with zero attached hydrogens (tertiary/aromatic N) is 2. The second-order valence-electron chi connectivity index (χ2n) is 4.62. The van der Waals surface area contributed by atoms with Crippen LogP contribution in [0, 0.1) is 0 Å². The number of hydrogen-bond donors (Lipinski definition) is 2. The quantitative estimate of drug-likeness (QED) is 0.825. The van der Waals surface area contributed by atoms with Gasteiger partial charge in [-0.2, -0.15) is 0 Å². The zero-order valence-corrected chi connectivity index (χ0v) is 13.2. The van der Waals surface area contributed by atoms with Crippen molar-refractivity contribution in [2.75, 3.05) is 11.9 Å². The van der Waals surface area contributed by atoms with Crippen molar-refractivity contribution in [1.29, 1.82) is 0 Å². The van der Waals surface area contributed by atoms with Crippen molar-refractivity contribution in [1.82, 2.24) is 15.3 Å². The van der Waals surface area contributed by atoms with Gasteiger partial charge < -0.3 is 10.6 Å². The lowest BCUT2D eigenvalue weighted by Crippen LogP contribution is -2.24. The monoisotopic (exact) mass is 304 g/mol. The van der Waals surface area contributed by atoms with Gasteiger partial charge in [0.25, 0.3) is 5.91 Å². The number of amides is 1. The summed E-state index contributed by atoms with van der Waals surface area (Å²) < 4.78 is 0. The lowest BCUT2D eigenvalue weighted by Gasteiger charge is -2.07. The molecule has 0 atom stereocenters. The number of nitrogens with one attached hydrogen (secondary N) is 2. The van der Waals surface area contributed by atoms with Gasteiger partial charge in [0.1, 0.15) is 11.5 Å². The Bertz CT molecular complexity index is 597. The van der Waals surface area contributed by atoms with E-state index in [0.29, 0.717) is 18.1 Å². The average molecular weight is 304 g/mol. The summed E-state index contributed by atoms with van der Waals surface area (Å²) in [6, 6.07) is 2.10. The normalized spacial score (nSPS) is 10.4. The first-order valence-electron chi connectivity index (χ1n) is 7.14. The Morgan fingerprint density at radius 2 is 2.19 bits per heavy atom. The maximum absolute atomic E-state index is 12.1. The first kappa shape index (κ1) is 15.4. The van der Waals surface area contributed by atoms with E-state index >= 15 is 0 Å². The maximum Gasteiger partial charge on any atom is 0.271 e. The highest BCUT2D eigenvalue weighted by Gasteiger charge is 2.10. The summed E-state index contributed by atoms with van der Waals surface area (Å²) in [5.74, 6) is 0.438. The molecule has 0 fully saturated rings. The van der Waals surface area contributed by atoms with Gasteiger partial charge in [-0.3, -0.25) is 9.78 Å². The molecular formula is C15H20N4OS. The molecule has 0 aliphatic rings. The molecule has 0 spiro atoms. The second-order valence-corrected chi connectivity index (χ2v) is 5.62. The predicted octanol–water partition coefficient (Wildman–Crippen LogP) is 2.85. The van der Waals surface area contributed by atoms with Gasteiger partial charge in [0.05, 0.1) is 18.9 Å². The van der Waals surface area contributed by atoms with Crippen LogP contribution in [-0.2, 0) is 13.0 Å². The average Bonchev–Trinajstić information content (AvgIpc) is 2.98. The van der Waals surface area contributed by atoms with Gasteiger partial charge >= 0.3 is 0 Å². The smallest absolute Gasteiger partial charge is 0.271 e. The van der Waals surface area contributed by atoms with Crippen LogP contribution >= 0.6 is 11.3 Å². The van der Waals surface area contributed by atoms with E-state index in [-0.39, 0.29) is 5.91 Å². The summed E-state index contributed by atoms with van der Waals surface area (Å²) >= 11 is 1.66. The van der Waals surface area contributed by atoms with E-state index in [4.69, 9.17) is 0 Å². The Morgan fingerprint density at radius 3 is 2.95 bits per heavy atom. The zero-order chi connectivity index (χ0) is 15.1. The highest BCUT2D eigenvalue weighted by Crippen LogP contribution is 2.17. The fourth-order valence-corrected chi connectivity index (χ4v) is 2.82. The molecule has 0 unspecified atom stereocenters. The third kappa shape index (κ3) is 4.26. The molecule has 21 heavy (non-hydrogen) atoms. The number of carbonyl (C=O) groups is 1. The third-order valence-electron chi connectivity index (χ3n) is 3.05. The van der Waals surface area contributed by atoms with E-state index in [9.17, 15) is 4.79 Å². The van der Waals surface area contributed by atoms with Gasteiger partial charge in [-0.15, -0.1) is 11.3 Å². The van der Waals surface area contributed by atoms with Crippen LogP contribution in [0.3, 0.4) is 0 Å². The van der Waals surface area contributed by atoms with E-state index in [1.54, 1.807) is 17.5 Å². The third-order valence-corrected chi connectivity index (χ3v) is 4.01. The molecule has 5 nitrogen and oxygen atoms in total. The van der Waals surface area contributed by atoms with Gasteiger partial charge in [0.2, 0.25) is 0 Å². The highest BCUT2D eigenvalue weighted by atomic mass is 32.1. The molecule has 0 aromatic carbocycles. The van der Waals surface area contributed by atoms with Crippen molar-refractivity contribution >= 4 is 23.1 Å². The summed E-state index contributed by atoms with van der Waals surface area (Å²) in [5, 5.41) is 8.08. The predicted molar refractivity (Wildman–Crippen MR) is 85.7 cm³/mol. The van der Waals surface area contributed by atoms with Crippen LogP contribution in [0.2, 0.25) is 0 Å². The largest absolute Gasteiger partial charge is 0.369 e. The van der Waals surface area contributed by atoms with Crippen LogP contribution in [0.1, 0.15) is 41.2 Å². The van der Waals surface area contributed by atoms with Crippen molar-refractivity contribution in [3.8, 4) is 0 Å². The van der Waals surface area contributed by atoms with E-state index in [2.05, 4.69) is 45.9 Å². The Hall–Kier alpha value is -1.95. The van der Waals surface area contributed by atoms with Crippen molar-refractivity contribution in [3.05, 3.63) is 40.0 Å². The Morgan fingerprint density at radius 1 is 1.33 bits per heavy atom. The topological polar surface area (TPSA) is 66.9 Å². The summed E-state index contributed by atoms with van der Waals surface area (Å²) in [6.45, 7) is 5.54. The lowest BCUT2D eigenvalue weighted by atomic mass is 10.2. The molecule has 112 valence electrons. The molecule has 0 radical (unpaired) electrons. The van der Waals surface area contributed by atoms with E-state index in [1.807, 2.05) is 0 Å². The van der Waals surface area contributed by atoms with Gasteiger partial charge in [0, 0.05) is 11.4 Å². The molecule has 0 aliphatic heterocycles.